The Balaban J connectivity index is 1.74. The van der Waals surface area contributed by atoms with Gasteiger partial charge >= 0.3 is 0 Å². The summed E-state index contributed by atoms with van der Waals surface area (Å²) in [5, 5.41) is 16.8. The van der Waals surface area contributed by atoms with Crippen molar-refractivity contribution in [1.29, 1.82) is 0 Å². The summed E-state index contributed by atoms with van der Waals surface area (Å²) in [4.78, 5) is 20.1. The van der Waals surface area contributed by atoms with Crippen molar-refractivity contribution in [3.8, 4) is 0 Å². The second-order valence-electron chi connectivity index (χ2n) is 4.94. The van der Waals surface area contributed by atoms with Gasteiger partial charge in [0.15, 0.2) is 0 Å². The first-order chi connectivity index (χ1) is 9.57. The number of aliphatic hydroxyl groups is 1. The highest BCUT2D eigenvalue weighted by molar-refractivity contribution is 5.90. The number of hydrogen-bond donors (Lipinski definition) is 2. The van der Waals surface area contributed by atoms with Crippen molar-refractivity contribution >= 4 is 11.7 Å². The van der Waals surface area contributed by atoms with E-state index in [9.17, 15) is 9.90 Å². The number of carbonyl (C=O) groups is 1. The second kappa shape index (κ2) is 4.80. The van der Waals surface area contributed by atoms with Crippen molar-refractivity contribution in [2.75, 3.05) is 19.8 Å². The summed E-state index contributed by atoms with van der Waals surface area (Å²) < 4.78 is 6.62. The number of amides is 1. The van der Waals surface area contributed by atoms with Crippen molar-refractivity contribution in [2.24, 2.45) is 0 Å². The van der Waals surface area contributed by atoms with Gasteiger partial charge in [-0.2, -0.15) is 4.98 Å². The molecule has 2 N–H and O–H groups in total. The lowest BCUT2D eigenvalue weighted by Crippen LogP contribution is -2.43. The summed E-state index contributed by atoms with van der Waals surface area (Å²) in [6.07, 6.45) is 2.12. The van der Waals surface area contributed by atoms with Gasteiger partial charge in [0.1, 0.15) is 5.60 Å². The molecule has 1 saturated heterocycles. The van der Waals surface area contributed by atoms with Crippen LogP contribution in [0.3, 0.4) is 0 Å². The summed E-state index contributed by atoms with van der Waals surface area (Å²) in [6, 6.07) is 1.78. The van der Waals surface area contributed by atoms with E-state index in [2.05, 4.69) is 20.4 Å². The number of aromatic nitrogens is 4. The largest absolute Gasteiger partial charge is 0.386 e. The fourth-order valence-corrected chi connectivity index (χ4v) is 2.06. The van der Waals surface area contributed by atoms with Crippen LogP contribution in [0.15, 0.2) is 12.3 Å². The lowest BCUT2D eigenvalue weighted by molar-refractivity contribution is 0.0263. The minimum atomic E-state index is -0.997. The van der Waals surface area contributed by atoms with E-state index in [1.54, 1.807) is 12.3 Å². The molecule has 0 bridgehead atoms. The molecule has 1 amide bonds. The Morgan fingerprint density at radius 3 is 3.20 bits per heavy atom. The van der Waals surface area contributed by atoms with E-state index in [4.69, 9.17) is 4.74 Å². The molecule has 2 aromatic rings. The molecule has 0 radical (unpaired) electrons. The minimum absolute atomic E-state index is 0.0364. The zero-order valence-corrected chi connectivity index (χ0v) is 11.0. The van der Waals surface area contributed by atoms with E-state index in [0.717, 1.165) is 5.69 Å². The molecular formula is C12H15N5O3. The molecule has 8 nitrogen and oxygen atoms in total. The molecule has 8 heteroatoms. The van der Waals surface area contributed by atoms with Gasteiger partial charge in [-0.1, -0.05) is 0 Å². The van der Waals surface area contributed by atoms with Gasteiger partial charge in [0, 0.05) is 31.5 Å². The summed E-state index contributed by atoms with van der Waals surface area (Å²) in [5.74, 6) is -0.0254. The Kier molecular flexibility index (Phi) is 3.11. The van der Waals surface area contributed by atoms with Crippen LogP contribution < -0.4 is 5.32 Å². The summed E-state index contributed by atoms with van der Waals surface area (Å²) in [5.41, 5.74) is -0.160. The van der Waals surface area contributed by atoms with E-state index in [0.29, 0.717) is 18.8 Å². The Hall–Kier alpha value is -2.06. The lowest BCUT2D eigenvalue weighted by atomic mass is 10.0. The van der Waals surface area contributed by atoms with Gasteiger partial charge in [0.2, 0.25) is 5.82 Å². The first-order valence-corrected chi connectivity index (χ1v) is 6.34. The Bertz CT molecular complexity index is 648. The lowest BCUT2D eigenvalue weighted by Gasteiger charge is -2.19. The van der Waals surface area contributed by atoms with Crippen molar-refractivity contribution in [2.45, 2.75) is 18.9 Å². The number of aryl methyl sites for hydroxylation is 1. The van der Waals surface area contributed by atoms with Crippen LogP contribution in [0.1, 0.15) is 22.7 Å². The fourth-order valence-electron chi connectivity index (χ4n) is 2.06. The average molecular weight is 277 g/mol. The monoisotopic (exact) mass is 277 g/mol. The molecule has 2 aromatic heterocycles. The molecule has 106 valence electrons. The molecule has 1 aliphatic heterocycles. The third-order valence-electron chi connectivity index (χ3n) is 3.29. The second-order valence-corrected chi connectivity index (χ2v) is 4.94. The van der Waals surface area contributed by atoms with Crippen molar-refractivity contribution in [3.63, 3.8) is 0 Å². The van der Waals surface area contributed by atoms with Crippen LogP contribution in [0, 0.1) is 6.92 Å². The smallest absolute Gasteiger partial charge is 0.291 e. The van der Waals surface area contributed by atoms with Gasteiger partial charge < -0.3 is 15.2 Å². The molecule has 0 saturated carbocycles. The molecule has 20 heavy (non-hydrogen) atoms. The van der Waals surface area contributed by atoms with Crippen LogP contribution >= 0.6 is 0 Å². The van der Waals surface area contributed by atoms with Gasteiger partial charge in [0.05, 0.1) is 6.61 Å². The third kappa shape index (κ3) is 2.35. The van der Waals surface area contributed by atoms with Gasteiger partial charge in [0.25, 0.3) is 11.7 Å². The van der Waals surface area contributed by atoms with E-state index in [-0.39, 0.29) is 19.0 Å². The molecular weight excluding hydrogens is 262 g/mol. The number of hydrogen-bond acceptors (Lipinski definition) is 6. The molecule has 1 atom stereocenters. The van der Waals surface area contributed by atoms with Crippen LogP contribution in [0.2, 0.25) is 0 Å². The Morgan fingerprint density at radius 1 is 1.65 bits per heavy atom. The number of nitrogens with one attached hydrogen (secondary N) is 1. The number of nitrogens with zero attached hydrogens (tertiary/aromatic N) is 4. The molecule has 0 spiro atoms. The number of fused-ring (bicyclic) bond motifs is 1. The van der Waals surface area contributed by atoms with Gasteiger partial charge in [-0.05, 0) is 13.0 Å². The molecule has 3 heterocycles. The fraction of sp³-hybridized carbons (Fsp3) is 0.500. The van der Waals surface area contributed by atoms with E-state index < -0.39 is 11.5 Å². The highest BCUT2D eigenvalue weighted by atomic mass is 16.5. The molecule has 0 aromatic carbocycles. The summed E-state index contributed by atoms with van der Waals surface area (Å²) in [7, 11) is 0. The van der Waals surface area contributed by atoms with Gasteiger partial charge in [-0.15, -0.1) is 5.10 Å². The number of rotatable bonds is 3. The van der Waals surface area contributed by atoms with Crippen LogP contribution in [-0.4, -0.2) is 56.0 Å². The number of ether oxygens (including phenoxy) is 1. The van der Waals surface area contributed by atoms with E-state index in [1.165, 1.54) is 4.52 Å². The topological polar surface area (TPSA) is 102 Å². The first kappa shape index (κ1) is 12.9. The van der Waals surface area contributed by atoms with Crippen LogP contribution in [0.5, 0.6) is 0 Å². The van der Waals surface area contributed by atoms with Crippen LogP contribution in [0.4, 0.5) is 0 Å². The number of carbonyl (C=O) groups excluding carboxylic acids is 1. The Morgan fingerprint density at radius 2 is 2.50 bits per heavy atom. The highest BCUT2D eigenvalue weighted by Crippen LogP contribution is 2.17. The van der Waals surface area contributed by atoms with Crippen LogP contribution in [-0.2, 0) is 4.74 Å². The van der Waals surface area contributed by atoms with E-state index in [1.807, 2.05) is 6.92 Å². The SMILES string of the molecule is Cc1ccnc2nc(C(=O)NCC3(O)CCOC3)nn12. The molecule has 3 rings (SSSR count). The molecule has 1 fully saturated rings. The van der Waals surface area contributed by atoms with Crippen molar-refractivity contribution in [3.05, 3.63) is 23.8 Å². The van der Waals surface area contributed by atoms with Gasteiger partial charge in [-0.25, -0.2) is 9.50 Å². The normalized spacial score (nSPS) is 22.3. The predicted molar refractivity (Wildman–Crippen MR) is 68.2 cm³/mol. The maximum Gasteiger partial charge on any atom is 0.291 e. The summed E-state index contributed by atoms with van der Waals surface area (Å²) in [6.45, 7) is 2.70. The van der Waals surface area contributed by atoms with Crippen molar-refractivity contribution < 1.29 is 14.6 Å². The first-order valence-electron chi connectivity index (χ1n) is 6.34. The predicted octanol–water partition coefficient (Wildman–Crippen LogP) is -0.686. The summed E-state index contributed by atoms with van der Waals surface area (Å²) >= 11 is 0. The minimum Gasteiger partial charge on any atom is -0.386 e. The maximum atomic E-state index is 12.0. The molecule has 0 aliphatic carbocycles. The van der Waals surface area contributed by atoms with E-state index >= 15 is 0 Å². The van der Waals surface area contributed by atoms with Crippen molar-refractivity contribution in [1.82, 2.24) is 24.9 Å². The zero-order chi connectivity index (χ0) is 14.2. The average Bonchev–Trinajstić information content (AvgIpc) is 3.04. The maximum absolute atomic E-state index is 12.0. The quantitative estimate of drug-likeness (QED) is 0.770. The van der Waals surface area contributed by atoms with Gasteiger partial charge in [-0.3, -0.25) is 4.79 Å². The molecule has 1 unspecified atom stereocenters. The Labute approximate surface area is 114 Å². The molecule has 1 aliphatic rings. The van der Waals surface area contributed by atoms with Crippen LogP contribution in [0.25, 0.3) is 5.78 Å². The zero-order valence-electron chi connectivity index (χ0n) is 11.0. The third-order valence-corrected chi connectivity index (χ3v) is 3.29. The highest BCUT2D eigenvalue weighted by Gasteiger charge is 2.33. The standard InChI is InChI=1S/C12H15N5O3/c1-8-2-4-13-11-15-9(16-17(8)11)10(18)14-6-12(19)3-5-20-7-12/h2,4,19H,3,5-7H2,1H3,(H,14,18).